The largest absolute Gasteiger partial charge is 0.398 e. The Morgan fingerprint density at radius 1 is 1.40 bits per heavy atom. The van der Waals surface area contributed by atoms with E-state index in [0.29, 0.717) is 10.7 Å². The molecule has 0 aliphatic carbocycles. The maximum absolute atomic E-state index is 6.03. The topological polar surface area (TPSA) is 30.9 Å². The molecule has 2 rings (SSSR count). The molecule has 0 fully saturated rings. The highest BCUT2D eigenvalue weighted by Gasteiger charge is 2.11. The molecule has 0 radical (unpaired) electrons. The van der Waals surface area contributed by atoms with Crippen molar-refractivity contribution >= 4 is 28.2 Å². The zero-order chi connectivity index (χ0) is 11.2. The molecule has 3 heteroatoms. The minimum Gasteiger partial charge on any atom is -0.398 e. The van der Waals surface area contributed by atoms with E-state index in [4.69, 9.17) is 17.3 Å². The summed E-state index contributed by atoms with van der Waals surface area (Å²) < 4.78 is 2.19. The summed E-state index contributed by atoms with van der Waals surface area (Å²) in [4.78, 5) is 0. The smallest absolute Gasteiger partial charge is 0.0656 e. The van der Waals surface area contributed by atoms with Crippen LogP contribution >= 0.6 is 11.6 Å². The lowest BCUT2D eigenvalue weighted by molar-refractivity contribution is 0.857. The van der Waals surface area contributed by atoms with E-state index in [1.54, 1.807) is 0 Å². The molecule has 2 nitrogen and oxygen atoms in total. The van der Waals surface area contributed by atoms with Gasteiger partial charge in [-0.3, -0.25) is 0 Å². The van der Waals surface area contributed by atoms with Crippen molar-refractivity contribution in [1.82, 2.24) is 4.57 Å². The zero-order valence-corrected chi connectivity index (χ0v) is 10.0. The van der Waals surface area contributed by atoms with Crippen LogP contribution in [0.3, 0.4) is 0 Å². The van der Waals surface area contributed by atoms with Gasteiger partial charge in [-0.05, 0) is 31.0 Å². The van der Waals surface area contributed by atoms with Gasteiger partial charge >= 0.3 is 0 Å². The molecule has 0 aliphatic heterocycles. The predicted molar refractivity (Wildman–Crippen MR) is 66.5 cm³/mol. The van der Waals surface area contributed by atoms with Gasteiger partial charge in [0.25, 0.3) is 0 Å². The molecule has 0 unspecified atom stereocenters. The first kappa shape index (κ1) is 10.4. The average molecular weight is 223 g/mol. The minimum atomic E-state index is 0.630. The van der Waals surface area contributed by atoms with E-state index in [-0.39, 0.29) is 0 Å². The highest BCUT2D eigenvalue weighted by molar-refractivity contribution is 6.33. The van der Waals surface area contributed by atoms with Gasteiger partial charge in [0.1, 0.15) is 0 Å². The Bertz CT molecular complexity index is 481. The second-order valence-corrected chi connectivity index (χ2v) is 4.28. The maximum Gasteiger partial charge on any atom is 0.0656 e. The number of nitrogens with two attached hydrogens (primary N) is 1. The maximum atomic E-state index is 6.03. The number of halogens is 1. The Hall–Kier alpha value is -1.15. The summed E-state index contributed by atoms with van der Waals surface area (Å²) in [5.74, 6) is 0. The van der Waals surface area contributed by atoms with Gasteiger partial charge in [0.2, 0.25) is 0 Å². The summed E-state index contributed by atoms with van der Waals surface area (Å²) in [7, 11) is 2.07. The number of nitrogens with zero attached hydrogens (tertiary/aromatic N) is 1. The monoisotopic (exact) mass is 222 g/mol. The van der Waals surface area contributed by atoms with Gasteiger partial charge in [0.05, 0.1) is 10.7 Å². The van der Waals surface area contributed by atoms with Gasteiger partial charge < -0.3 is 10.3 Å². The number of anilines is 1. The van der Waals surface area contributed by atoms with Crippen molar-refractivity contribution in [2.75, 3.05) is 5.73 Å². The van der Waals surface area contributed by atoms with Crippen LogP contribution in [-0.4, -0.2) is 4.57 Å². The van der Waals surface area contributed by atoms with Crippen LogP contribution < -0.4 is 5.73 Å². The van der Waals surface area contributed by atoms with E-state index in [0.717, 1.165) is 11.9 Å². The van der Waals surface area contributed by atoms with Gasteiger partial charge in [-0.2, -0.15) is 0 Å². The molecular weight excluding hydrogens is 208 g/mol. The Kier molecular flexibility index (Phi) is 2.39. The number of aryl methyl sites for hydroxylation is 2. The third-order valence-corrected chi connectivity index (χ3v) is 3.38. The molecule has 1 aromatic heterocycles. The number of hydrogen-bond acceptors (Lipinski definition) is 1. The quantitative estimate of drug-likeness (QED) is 0.738. The van der Waals surface area contributed by atoms with Crippen molar-refractivity contribution < 1.29 is 0 Å². The molecule has 0 saturated heterocycles. The Balaban J connectivity index is 2.90. The molecule has 1 heterocycles. The summed E-state index contributed by atoms with van der Waals surface area (Å²) in [5, 5.41) is 1.84. The lowest BCUT2D eigenvalue weighted by atomic mass is 10.1. The number of rotatable bonds is 1. The number of fused-ring (bicyclic) bond motifs is 1. The fourth-order valence-electron chi connectivity index (χ4n) is 2.21. The highest BCUT2D eigenvalue weighted by Crippen LogP contribution is 2.31. The molecule has 15 heavy (non-hydrogen) atoms. The van der Waals surface area contributed by atoms with Crippen LogP contribution in [0.25, 0.3) is 10.9 Å². The molecule has 2 N–H and O–H groups in total. The molecule has 0 saturated carbocycles. The predicted octanol–water partition coefficient (Wildman–Crippen LogP) is 3.28. The lowest BCUT2D eigenvalue weighted by Gasteiger charge is -2.02. The first-order valence-corrected chi connectivity index (χ1v) is 5.47. The zero-order valence-electron chi connectivity index (χ0n) is 9.26. The second kappa shape index (κ2) is 3.46. The van der Waals surface area contributed by atoms with Crippen molar-refractivity contribution in [1.29, 1.82) is 0 Å². The van der Waals surface area contributed by atoms with Crippen LogP contribution in [0.1, 0.15) is 18.2 Å². The molecule has 0 amide bonds. The Morgan fingerprint density at radius 3 is 2.67 bits per heavy atom. The molecule has 1 aromatic carbocycles. The van der Waals surface area contributed by atoms with Crippen LogP contribution in [-0.2, 0) is 13.5 Å². The van der Waals surface area contributed by atoms with Crippen molar-refractivity contribution in [3.05, 3.63) is 28.4 Å². The number of benzene rings is 1. The van der Waals surface area contributed by atoms with Crippen LogP contribution in [0.5, 0.6) is 0 Å². The Morgan fingerprint density at radius 2 is 2.07 bits per heavy atom. The summed E-state index contributed by atoms with van der Waals surface area (Å²) in [6.07, 6.45) is 1.02. The molecule has 0 bridgehead atoms. The van der Waals surface area contributed by atoms with E-state index < -0.39 is 0 Å². The molecule has 80 valence electrons. The van der Waals surface area contributed by atoms with Crippen molar-refractivity contribution in [3.63, 3.8) is 0 Å². The Labute approximate surface area is 94.6 Å². The third kappa shape index (κ3) is 1.40. The van der Waals surface area contributed by atoms with E-state index in [9.17, 15) is 0 Å². The SMILES string of the molecule is CCc1c(C)c2cc(N)c(Cl)cc2n1C. The van der Waals surface area contributed by atoms with Crippen LogP contribution in [0.4, 0.5) is 5.69 Å². The number of nitrogen functional groups attached to an aromatic ring is 1. The fourth-order valence-corrected chi connectivity index (χ4v) is 2.37. The summed E-state index contributed by atoms with van der Waals surface area (Å²) in [6.45, 7) is 4.29. The van der Waals surface area contributed by atoms with Crippen LogP contribution in [0.15, 0.2) is 12.1 Å². The van der Waals surface area contributed by atoms with Crippen molar-refractivity contribution in [2.24, 2.45) is 7.05 Å². The van der Waals surface area contributed by atoms with Gasteiger partial charge in [-0.1, -0.05) is 18.5 Å². The highest BCUT2D eigenvalue weighted by atomic mass is 35.5. The first-order valence-electron chi connectivity index (χ1n) is 5.09. The van der Waals surface area contributed by atoms with E-state index >= 15 is 0 Å². The summed E-state index contributed by atoms with van der Waals surface area (Å²) >= 11 is 6.03. The summed E-state index contributed by atoms with van der Waals surface area (Å²) in [5.41, 5.74) is 10.3. The van der Waals surface area contributed by atoms with Gasteiger partial charge in [-0.15, -0.1) is 0 Å². The summed E-state index contributed by atoms with van der Waals surface area (Å²) in [6, 6.07) is 3.91. The van der Waals surface area contributed by atoms with Crippen molar-refractivity contribution in [3.8, 4) is 0 Å². The molecule has 0 atom stereocenters. The average Bonchev–Trinajstić information content (AvgIpc) is 2.42. The molecule has 0 aliphatic rings. The molecular formula is C12H15ClN2. The normalized spacial score (nSPS) is 11.2. The van der Waals surface area contributed by atoms with Crippen LogP contribution in [0, 0.1) is 6.92 Å². The van der Waals surface area contributed by atoms with Crippen molar-refractivity contribution in [2.45, 2.75) is 20.3 Å². The standard InChI is InChI=1S/C12H15ClN2/c1-4-11-7(2)8-5-10(14)9(13)6-12(8)15(11)3/h5-6H,4,14H2,1-3H3. The number of hydrogen-bond donors (Lipinski definition) is 1. The molecule has 0 spiro atoms. The molecule has 2 aromatic rings. The van der Waals surface area contributed by atoms with E-state index in [2.05, 4.69) is 25.5 Å². The van der Waals surface area contributed by atoms with Gasteiger partial charge in [0.15, 0.2) is 0 Å². The fraction of sp³-hybridized carbons (Fsp3) is 0.333. The second-order valence-electron chi connectivity index (χ2n) is 3.88. The van der Waals surface area contributed by atoms with E-state index in [1.807, 2.05) is 12.1 Å². The number of aromatic nitrogens is 1. The van der Waals surface area contributed by atoms with Gasteiger partial charge in [0, 0.05) is 23.6 Å². The van der Waals surface area contributed by atoms with Gasteiger partial charge in [-0.25, -0.2) is 0 Å². The first-order chi connectivity index (χ1) is 7.06. The third-order valence-electron chi connectivity index (χ3n) is 3.05. The van der Waals surface area contributed by atoms with E-state index in [1.165, 1.54) is 16.6 Å². The van der Waals surface area contributed by atoms with Crippen LogP contribution in [0.2, 0.25) is 5.02 Å². The minimum absolute atomic E-state index is 0.630. The lowest BCUT2D eigenvalue weighted by Crippen LogP contribution is -1.95.